The number of nitrogens with one attached hydrogen (secondary N) is 2. The first-order valence-corrected chi connectivity index (χ1v) is 9.33. The molecule has 2 amide bonds. The molecular weight excluding hydrogens is 304 g/mol. The molecule has 2 rings (SSSR count). The van der Waals surface area contributed by atoms with Crippen LogP contribution < -0.4 is 10.9 Å². The molecule has 6 nitrogen and oxygen atoms in total. The predicted molar refractivity (Wildman–Crippen MR) is 95.7 cm³/mol. The van der Waals surface area contributed by atoms with Gasteiger partial charge in [-0.25, -0.2) is 10.9 Å². The van der Waals surface area contributed by atoms with Crippen LogP contribution in [0, 0.1) is 11.8 Å². The van der Waals surface area contributed by atoms with Gasteiger partial charge in [0.2, 0.25) is 0 Å². The summed E-state index contributed by atoms with van der Waals surface area (Å²) in [5.41, 5.74) is 6.67. The van der Waals surface area contributed by atoms with Crippen LogP contribution in [0.3, 0.4) is 0 Å². The van der Waals surface area contributed by atoms with Crippen LogP contribution in [-0.2, 0) is 9.59 Å². The average molecular weight is 334 g/mol. The fraction of sp³-hybridized carbons (Fsp3) is 0.778. The third-order valence-corrected chi connectivity index (χ3v) is 5.36. The van der Waals surface area contributed by atoms with Gasteiger partial charge in [-0.05, 0) is 63.2 Å². The summed E-state index contributed by atoms with van der Waals surface area (Å²) in [6, 6.07) is 0. The number of hydrazone groups is 2. The van der Waals surface area contributed by atoms with Gasteiger partial charge in [-0.15, -0.1) is 0 Å². The van der Waals surface area contributed by atoms with Gasteiger partial charge in [0.15, 0.2) is 0 Å². The smallest absolute Gasteiger partial charge is 0.262 e. The molecule has 2 N–H and O–H groups in total. The summed E-state index contributed by atoms with van der Waals surface area (Å²) in [5.74, 6) is 0.0431. The highest BCUT2D eigenvalue weighted by molar-refractivity contribution is 6.35. The van der Waals surface area contributed by atoms with Crippen molar-refractivity contribution in [3.63, 3.8) is 0 Å². The van der Waals surface area contributed by atoms with Crippen LogP contribution in [0.2, 0.25) is 0 Å². The minimum absolute atomic E-state index is 0.744. The summed E-state index contributed by atoms with van der Waals surface area (Å²) in [4.78, 5) is 23.6. The van der Waals surface area contributed by atoms with Gasteiger partial charge in [-0.1, -0.05) is 26.7 Å². The normalized spacial score (nSPS) is 24.2. The van der Waals surface area contributed by atoms with E-state index in [1.807, 2.05) is 0 Å². The summed E-state index contributed by atoms with van der Waals surface area (Å²) >= 11 is 0. The Balaban J connectivity index is 1.72. The molecule has 0 saturated heterocycles. The molecule has 0 aromatic heterocycles. The molecule has 134 valence electrons. The molecule has 0 heterocycles. The van der Waals surface area contributed by atoms with Gasteiger partial charge >= 0.3 is 11.8 Å². The van der Waals surface area contributed by atoms with E-state index < -0.39 is 11.8 Å². The van der Waals surface area contributed by atoms with Crippen molar-refractivity contribution >= 4 is 23.2 Å². The standard InChI is InChI=1S/C18H30N4O2/c1-3-13-5-9-15(10-6-13)19-21-17(23)18(24)22-20-16-11-7-14(4-2)8-12-16/h13-14H,3-12H2,1-2H3,(H,21,23)(H,22,24). The first kappa shape index (κ1) is 18.6. The van der Waals surface area contributed by atoms with Crippen molar-refractivity contribution in [2.24, 2.45) is 22.0 Å². The SMILES string of the molecule is CCC1CCC(=NNC(=O)C(=O)NN=C2CCC(CC)CC2)CC1. The highest BCUT2D eigenvalue weighted by Crippen LogP contribution is 2.25. The van der Waals surface area contributed by atoms with Crippen molar-refractivity contribution in [2.75, 3.05) is 0 Å². The summed E-state index contributed by atoms with van der Waals surface area (Å²) < 4.78 is 0. The maximum Gasteiger partial charge on any atom is 0.331 e. The second-order valence-electron chi connectivity index (χ2n) is 6.94. The van der Waals surface area contributed by atoms with E-state index in [4.69, 9.17) is 0 Å². The lowest BCUT2D eigenvalue weighted by molar-refractivity contribution is -0.139. The lowest BCUT2D eigenvalue weighted by Gasteiger charge is -2.21. The van der Waals surface area contributed by atoms with Gasteiger partial charge in [0.25, 0.3) is 0 Å². The minimum atomic E-state index is -0.744. The molecule has 0 aromatic rings. The van der Waals surface area contributed by atoms with Crippen molar-refractivity contribution < 1.29 is 9.59 Å². The molecule has 2 fully saturated rings. The lowest BCUT2D eigenvalue weighted by Crippen LogP contribution is -2.36. The predicted octanol–water partition coefficient (Wildman–Crippen LogP) is 3.13. The van der Waals surface area contributed by atoms with Crippen LogP contribution >= 0.6 is 0 Å². The maximum atomic E-state index is 11.8. The first-order valence-electron chi connectivity index (χ1n) is 9.33. The zero-order chi connectivity index (χ0) is 17.4. The monoisotopic (exact) mass is 334 g/mol. The third-order valence-electron chi connectivity index (χ3n) is 5.36. The Kier molecular flexibility index (Phi) is 7.40. The number of hydrogen-bond donors (Lipinski definition) is 2. The van der Waals surface area contributed by atoms with Crippen LogP contribution in [0.25, 0.3) is 0 Å². The third kappa shape index (κ3) is 5.73. The fourth-order valence-electron chi connectivity index (χ4n) is 3.42. The van der Waals surface area contributed by atoms with Gasteiger partial charge in [-0.2, -0.15) is 10.2 Å². The first-order chi connectivity index (χ1) is 11.6. The van der Waals surface area contributed by atoms with Crippen LogP contribution in [0.5, 0.6) is 0 Å². The molecule has 0 radical (unpaired) electrons. The number of hydrogen-bond acceptors (Lipinski definition) is 4. The molecule has 2 aliphatic carbocycles. The molecule has 6 heteroatoms. The van der Waals surface area contributed by atoms with Gasteiger partial charge in [0.1, 0.15) is 0 Å². The van der Waals surface area contributed by atoms with E-state index in [-0.39, 0.29) is 0 Å². The van der Waals surface area contributed by atoms with Crippen molar-refractivity contribution in [1.82, 2.24) is 10.9 Å². The molecule has 0 aliphatic heterocycles. The molecule has 24 heavy (non-hydrogen) atoms. The Labute approximate surface area is 144 Å². The van der Waals surface area contributed by atoms with Crippen molar-refractivity contribution in [1.29, 1.82) is 0 Å². The van der Waals surface area contributed by atoms with Crippen molar-refractivity contribution in [3.05, 3.63) is 0 Å². The van der Waals surface area contributed by atoms with Gasteiger partial charge in [0, 0.05) is 11.4 Å². The highest BCUT2D eigenvalue weighted by atomic mass is 16.2. The molecule has 0 spiro atoms. The molecule has 0 bridgehead atoms. The van der Waals surface area contributed by atoms with Crippen molar-refractivity contribution in [3.8, 4) is 0 Å². The zero-order valence-corrected chi connectivity index (χ0v) is 14.9. The van der Waals surface area contributed by atoms with Crippen LogP contribution in [-0.4, -0.2) is 23.2 Å². The Morgan fingerprint density at radius 2 is 1.12 bits per heavy atom. The van der Waals surface area contributed by atoms with Gasteiger partial charge < -0.3 is 0 Å². The van der Waals surface area contributed by atoms with Gasteiger partial charge in [0.05, 0.1) is 0 Å². The van der Waals surface area contributed by atoms with Crippen molar-refractivity contribution in [2.45, 2.75) is 78.1 Å². The van der Waals surface area contributed by atoms with E-state index in [2.05, 4.69) is 34.9 Å². The number of rotatable bonds is 4. The Hall–Kier alpha value is -1.72. The summed E-state index contributed by atoms with van der Waals surface area (Å²) in [5, 5.41) is 8.19. The largest absolute Gasteiger partial charge is 0.331 e. The van der Waals surface area contributed by atoms with E-state index in [1.165, 1.54) is 12.8 Å². The molecule has 2 aliphatic rings. The number of amides is 2. The molecule has 0 atom stereocenters. The Morgan fingerprint density at radius 1 is 0.792 bits per heavy atom. The topological polar surface area (TPSA) is 82.9 Å². The Morgan fingerprint density at radius 3 is 1.42 bits per heavy atom. The van der Waals surface area contributed by atoms with Crippen LogP contribution in [0.1, 0.15) is 78.1 Å². The number of carbonyl (C=O) groups excluding carboxylic acids is 2. The van der Waals surface area contributed by atoms with E-state index >= 15 is 0 Å². The molecular formula is C18H30N4O2. The minimum Gasteiger partial charge on any atom is -0.262 e. The lowest BCUT2D eigenvalue weighted by atomic mass is 9.86. The Bertz CT molecular complexity index is 447. The zero-order valence-electron chi connectivity index (χ0n) is 14.9. The summed E-state index contributed by atoms with van der Waals surface area (Å²) in [6.45, 7) is 4.41. The van der Waals surface area contributed by atoms with E-state index in [9.17, 15) is 9.59 Å². The fourth-order valence-corrected chi connectivity index (χ4v) is 3.42. The number of carbonyl (C=O) groups is 2. The maximum absolute atomic E-state index is 11.8. The van der Waals surface area contributed by atoms with E-state index in [0.29, 0.717) is 0 Å². The van der Waals surface area contributed by atoms with Gasteiger partial charge in [-0.3, -0.25) is 9.59 Å². The second kappa shape index (κ2) is 9.55. The molecule has 0 unspecified atom stereocenters. The quantitative estimate of drug-likeness (QED) is 0.611. The molecule has 2 saturated carbocycles. The molecule has 0 aromatic carbocycles. The second-order valence-corrected chi connectivity index (χ2v) is 6.94. The number of nitrogens with zero attached hydrogens (tertiary/aromatic N) is 2. The summed E-state index contributed by atoms with van der Waals surface area (Å²) in [6.07, 6.45) is 10.5. The van der Waals surface area contributed by atoms with Crippen LogP contribution in [0.15, 0.2) is 10.2 Å². The van der Waals surface area contributed by atoms with Crippen LogP contribution in [0.4, 0.5) is 0 Å². The van der Waals surface area contributed by atoms with E-state index in [0.717, 1.165) is 74.6 Å². The summed E-state index contributed by atoms with van der Waals surface area (Å²) in [7, 11) is 0. The van der Waals surface area contributed by atoms with E-state index in [1.54, 1.807) is 0 Å². The average Bonchev–Trinajstić information content (AvgIpc) is 2.64. The highest BCUT2D eigenvalue weighted by Gasteiger charge is 2.19.